The highest BCUT2D eigenvalue weighted by atomic mass is 35.5. The van der Waals surface area contributed by atoms with E-state index in [-0.39, 0.29) is 36.3 Å². The topological polar surface area (TPSA) is 113 Å². The van der Waals surface area contributed by atoms with Crippen molar-refractivity contribution in [2.45, 2.75) is 12.5 Å². The van der Waals surface area contributed by atoms with E-state index in [9.17, 15) is 14.4 Å². The van der Waals surface area contributed by atoms with Crippen molar-refractivity contribution >= 4 is 29.9 Å². The molecule has 2 amide bonds. The molecule has 0 fully saturated rings. The molecule has 2 N–H and O–H groups in total. The number of aromatic nitrogens is 3. The molecule has 0 saturated carbocycles. The molecule has 2 aromatic heterocycles. The van der Waals surface area contributed by atoms with Crippen molar-refractivity contribution in [3.05, 3.63) is 106 Å². The van der Waals surface area contributed by atoms with Gasteiger partial charge in [-0.05, 0) is 68.5 Å². The van der Waals surface area contributed by atoms with Crippen molar-refractivity contribution in [2.75, 3.05) is 39.2 Å². The maximum Gasteiger partial charge on any atom is 0.279 e. The van der Waals surface area contributed by atoms with Crippen molar-refractivity contribution in [3.63, 3.8) is 0 Å². The second-order valence-electron chi connectivity index (χ2n) is 9.61. The van der Waals surface area contributed by atoms with Gasteiger partial charge in [-0.1, -0.05) is 18.2 Å². The smallest absolute Gasteiger partial charge is 0.279 e. The van der Waals surface area contributed by atoms with E-state index in [1.807, 2.05) is 62.6 Å². The predicted octanol–water partition coefficient (Wildman–Crippen LogP) is 2.96. The van der Waals surface area contributed by atoms with Gasteiger partial charge in [-0.25, -0.2) is 0 Å². The van der Waals surface area contributed by atoms with E-state index in [0.717, 1.165) is 11.1 Å². The minimum atomic E-state index is -0.512. The van der Waals surface area contributed by atoms with E-state index in [1.54, 1.807) is 39.8 Å². The van der Waals surface area contributed by atoms with Gasteiger partial charge in [-0.15, -0.1) is 12.4 Å². The van der Waals surface area contributed by atoms with Crippen LogP contribution in [0, 0.1) is 0 Å². The van der Waals surface area contributed by atoms with Crippen molar-refractivity contribution in [1.82, 2.24) is 25.0 Å². The van der Waals surface area contributed by atoms with Crippen LogP contribution < -0.4 is 20.5 Å². The fourth-order valence-corrected chi connectivity index (χ4v) is 4.79. The third-order valence-electron chi connectivity index (χ3n) is 6.70. The quantitative estimate of drug-likeness (QED) is 0.341. The largest absolute Gasteiger partial charge is 0.497 e. The van der Waals surface area contributed by atoms with E-state index in [1.165, 1.54) is 6.07 Å². The van der Waals surface area contributed by atoms with E-state index < -0.39 is 6.04 Å². The summed E-state index contributed by atoms with van der Waals surface area (Å²) in [5, 5.41) is 10.5. The molecule has 1 aliphatic heterocycles. The first-order chi connectivity index (χ1) is 18.9. The lowest BCUT2D eigenvalue weighted by Crippen LogP contribution is -2.39. The number of ether oxygens (including phenoxy) is 1. The minimum absolute atomic E-state index is 0. The number of hydrogen-bond acceptors (Lipinski definition) is 6. The van der Waals surface area contributed by atoms with Crippen molar-refractivity contribution in [1.29, 1.82) is 0 Å². The molecule has 10 nitrogen and oxygen atoms in total. The van der Waals surface area contributed by atoms with Crippen LogP contribution in [0.5, 0.6) is 5.75 Å². The maximum atomic E-state index is 13.5. The Morgan fingerprint density at radius 3 is 2.40 bits per heavy atom. The molecule has 0 aliphatic carbocycles. The lowest BCUT2D eigenvalue weighted by Gasteiger charge is -2.28. The first kappa shape index (κ1) is 28.6. The average molecular weight is 563 g/mol. The third kappa shape index (κ3) is 5.78. The maximum absolute atomic E-state index is 13.5. The Morgan fingerprint density at radius 2 is 1.75 bits per heavy atom. The molecular weight excluding hydrogens is 532 g/mol. The van der Waals surface area contributed by atoms with Gasteiger partial charge in [-0.2, -0.15) is 5.10 Å². The number of halogens is 1. The lowest BCUT2D eigenvalue weighted by molar-refractivity contribution is -0.122. The van der Waals surface area contributed by atoms with Gasteiger partial charge in [0.25, 0.3) is 11.5 Å². The highest BCUT2D eigenvalue weighted by Crippen LogP contribution is 2.31. The number of benzene rings is 2. The van der Waals surface area contributed by atoms with Crippen LogP contribution >= 0.6 is 12.4 Å². The van der Waals surface area contributed by atoms with Gasteiger partial charge in [0.05, 0.1) is 25.4 Å². The molecule has 0 saturated heterocycles. The van der Waals surface area contributed by atoms with Crippen LogP contribution in [0.4, 0.5) is 5.69 Å². The zero-order valence-electron chi connectivity index (χ0n) is 22.5. The molecular formula is C29H31ClN6O4. The molecule has 4 aromatic rings. The number of nitrogens with one attached hydrogen (secondary N) is 2. The summed E-state index contributed by atoms with van der Waals surface area (Å²) in [6, 6.07) is 19.2. The Labute approximate surface area is 238 Å². The molecule has 1 aliphatic rings. The number of anilines is 1. The first-order valence-electron chi connectivity index (χ1n) is 12.6. The number of H-pyrrole nitrogens is 1. The molecule has 5 rings (SSSR count). The predicted molar refractivity (Wildman–Crippen MR) is 155 cm³/mol. The Morgan fingerprint density at radius 1 is 1.05 bits per heavy atom. The van der Waals surface area contributed by atoms with Crippen LogP contribution in [0.25, 0.3) is 5.69 Å². The van der Waals surface area contributed by atoms with Gasteiger partial charge in [0.15, 0.2) is 5.69 Å². The molecule has 40 heavy (non-hydrogen) atoms. The number of pyridine rings is 1. The van der Waals surface area contributed by atoms with E-state index in [4.69, 9.17) is 4.74 Å². The molecule has 0 radical (unpaired) electrons. The van der Waals surface area contributed by atoms with Gasteiger partial charge in [-0.3, -0.25) is 24.0 Å². The van der Waals surface area contributed by atoms with Crippen LogP contribution in [0.2, 0.25) is 0 Å². The number of carbonyl (C=O) groups is 2. The van der Waals surface area contributed by atoms with Crippen molar-refractivity contribution < 1.29 is 14.3 Å². The standard InChI is InChI=1S/C29H30N6O4.ClH/c1-33(2)18-24(36)30-26(19-7-13-22(39-3)14-8-19)27-23-15-17-35(29(38)28(23)32-31-27)21-11-9-20(10-12-21)34-16-5-4-6-25(34)37;/h4-14,16,26H,15,17-18H2,1-3H3,(H,30,36)(H,31,32);1H. The van der Waals surface area contributed by atoms with Crippen molar-refractivity contribution in [3.8, 4) is 11.4 Å². The second-order valence-corrected chi connectivity index (χ2v) is 9.61. The van der Waals surface area contributed by atoms with Crippen LogP contribution in [-0.2, 0) is 11.2 Å². The van der Waals surface area contributed by atoms with Gasteiger partial charge < -0.3 is 19.9 Å². The summed E-state index contributed by atoms with van der Waals surface area (Å²) in [5.41, 5.74) is 3.96. The molecule has 0 spiro atoms. The molecule has 3 heterocycles. The first-order valence-corrected chi connectivity index (χ1v) is 12.6. The Kier molecular flexibility index (Phi) is 8.71. The molecule has 1 unspecified atom stereocenters. The summed E-state index contributed by atoms with van der Waals surface area (Å²) in [6.07, 6.45) is 2.26. The Balaban J connectivity index is 0.00000370. The number of aromatic amines is 1. The summed E-state index contributed by atoms with van der Waals surface area (Å²) in [5.74, 6) is 0.333. The molecule has 1 atom stereocenters. The van der Waals surface area contributed by atoms with Crippen molar-refractivity contribution in [2.24, 2.45) is 0 Å². The monoisotopic (exact) mass is 562 g/mol. The zero-order valence-corrected chi connectivity index (χ0v) is 23.3. The fraction of sp³-hybridized carbons (Fsp3) is 0.241. The summed E-state index contributed by atoms with van der Waals surface area (Å²) in [6.45, 7) is 0.671. The molecule has 0 bridgehead atoms. The average Bonchev–Trinajstić information content (AvgIpc) is 3.37. The molecule has 208 valence electrons. The Hall–Kier alpha value is -4.41. The number of hydrogen-bond donors (Lipinski definition) is 2. The number of methoxy groups -OCH3 is 1. The normalized spacial score (nSPS) is 13.4. The van der Waals surface area contributed by atoms with Gasteiger partial charge in [0.2, 0.25) is 5.91 Å². The van der Waals surface area contributed by atoms with Gasteiger partial charge in [0, 0.05) is 35.7 Å². The van der Waals surface area contributed by atoms with E-state index in [0.29, 0.717) is 41.5 Å². The number of likely N-dealkylation sites (N-methyl/N-ethyl adjacent to an activating group) is 1. The highest BCUT2D eigenvalue weighted by Gasteiger charge is 2.33. The van der Waals surface area contributed by atoms with E-state index in [2.05, 4.69) is 15.5 Å². The van der Waals surface area contributed by atoms with Gasteiger partial charge in [0.1, 0.15) is 5.75 Å². The number of fused-ring (bicyclic) bond motifs is 1. The second kappa shape index (κ2) is 12.2. The third-order valence-corrected chi connectivity index (χ3v) is 6.70. The summed E-state index contributed by atoms with van der Waals surface area (Å²) in [7, 11) is 5.26. The van der Waals surface area contributed by atoms with Gasteiger partial charge >= 0.3 is 0 Å². The van der Waals surface area contributed by atoms with Crippen LogP contribution in [0.15, 0.2) is 77.7 Å². The minimum Gasteiger partial charge on any atom is -0.497 e. The van der Waals surface area contributed by atoms with E-state index >= 15 is 0 Å². The van der Waals surface area contributed by atoms with Crippen LogP contribution in [-0.4, -0.2) is 65.8 Å². The zero-order chi connectivity index (χ0) is 27.5. The summed E-state index contributed by atoms with van der Waals surface area (Å²) >= 11 is 0. The number of rotatable bonds is 8. The summed E-state index contributed by atoms with van der Waals surface area (Å²) in [4.78, 5) is 41.9. The summed E-state index contributed by atoms with van der Waals surface area (Å²) < 4.78 is 6.83. The SMILES string of the molecule is COc1ccc(C(NC(=O)CN(C)C)c2[nH]nc3c2CCN(c2ccc(-n4ccccc4=O)cc2)C3=O)cc1.Cl. The number of amides is 2. The number of nitrogens with zero attached hydrogens (tertiary/aromatic N) is 4. The van der Waals surface area contributed by atoms with Crippen LogP contribution in [0.1, 0.15) is 33.4 Å². The molecule has 11 heteroatoms. The number of carbonyl (C=O) groups excluding carboxylic acids is 2. The van der Waals surface area contributed by atoms with Crippen LogP contribution in [0.3, 0.4) is 0 Å². The fourth-order valence-electron chi connectivity index (χ4n) is 4.79. The highest BCUT2D eigenvalue weighted by molar-refractivity contribution is 6.07. The lowest BCUT2D eigenvalue weighted by atomic mass is 9.95. The Bertz CT molecular complexity index is 1550. The molecule has 2 aromatic carbocycles.